The summed E-state index contributed by atoms with van der Waals surface area (Å²) in [6, 6.07) is 18.1. The van der Waals surface area contributed by atoms with E-state index in [1.165, 1.54) is 0 Å². The maximum absolute atomic E-state index is 13.7. The molecule has 31 heavy (non-hydrogen) atoms. The Morgan fingerprint density at radius 2 is 1.90 bits per heavy atom. The lowest BCUT2D eigenvalue weighted by Gasteiger charge is -2.44. The summed E-state index contributed by atoms with van der Waals surface area (Å²) in [5.74, 6) is -0.169. The van der Waals surface area contributed by atoms with Gasteiger partial charge in [0.05, 0.1) is 6.54 Å². The van der Waals surface area contributed by atoms with Crippen LogP contribution in [0.3, 0.4) is 0 Å². The number of carbonyl (C=O) groups excluding carboxylic acids is 2. The van der Waals surface area contributed by atoms with Gasteiger partial charge < -0.3 is 14.8 Å². The molecule has 6 heteroatoms. The summed E-state index contributed by atoms with van der Waals surface area (Å²) >= 11 is 3.52. The Morgan fingerprint density at radius 3 is 2.68 bits per heavy atom. The first-order valence-corrected chi connectivity index (χ1v) is 11.7. The van der Waals surface area contributed by atoms with E-state index in [9.17, 15) is 9.59 Å². The number of hydrogen-bond acceptors (Lipinski definition) is 2. The third kappa shape index (κ3) is 3.57. The summed E-state index contributed by atoms with van der Waals surface area (Å²) in [6.45, 7) is 2.73. The van der Waals surface area contributed by atoms with E-state index < -0.39 is 5.54 Å². The van der Waals surface area contributed by atoms with E-state index in [-0.39, 0.29) is 17.9 Å². The molecule has 1 aliphatic heterocycles. The predicted octanol–water partition coefficient (Wildman–Crippen LogP) is 4.88. The number of benzene rings is 2. The second-order valence-electron chi connectivity index (χ2n) is 8.92. The number of halogens is 1. The lowest BCUT2D eigenvalue weighted by atomic mass is 9.93. The smallest absolute Gasteiger partial charge is 0.271 e. The van der Waals surface area contributed by atoms with Crippen LogP contribution in [0.15, 0.2) is 59.1 Å². The molecule has 0 spiro atoms. The Kier molecular flexibility index (Phi) is 5.13. The Hall–Kier alpha value is -2.60. The first-order valence-electron chi connectivity index (χ1n) is 10.9. The third-order valence-corrected chi connectivity index (χ3v) is 7.24. The number of aromatic nitrogens is 1. The van der Waals surface area contributed by atoms with Crippen LogP contribution >= 0.6 is 15.9 Å². The van der Waals surface area contributed by atoms with Crippen LogP contribution in [-0.2, 0) is 17.9 Å². The van der Waals surface area contributed by atoms with E-state index in [0.717, 1.165) is 46.6 Å². The first kappa shape index (κ1) is 20.3. The molecule has 2 amide bonds. The largest absolute Gasteiger partial charge is 0.351 e. The van der Waals surface area contributed by atoms with Crippen molar-refractivity contribution in [2.45, 2.75) is 57.3 Å². The van der Waals surface area contributed by atoms with Crippen molar-refractivity contribution in [3.63, 3.8) is 0 Å². The highest BCUT2D eigenvalue weighted by atomic mass is 79.9. The van der Waals surface area contributed by atoms with Crippen molar-refractivity contribution >= 4 is 38.6 Å². The van der Waals surface area contributed by atoms with Gasteiger partial charge in [0.1, 0.15) is 11.2 Å². The lowest BCUT2D eigenvalue weighted by molar-refractivity contribution is -0.133. The van der Waals surface area contributed by atoms with Crippen LogP contribution in [0.4, 0.5) is 0 Å². The molecule has 1 fully saturated rings. The van der Waals surface area contributed by atoms with E-state index in [4.69, 9.17) is 0 Å². The molecule has 5 nitrogen and oxygen atoms in total. The van der Waals surface area contributed by atoms with Gasteiger partial charge in [0.2, 0.25) is 5.91 Å². The van der Waals surface area contributed by atoms with Gasteiger partial charge in [0.15, 0.2) is 0 Å². The van der Waals surface area contributed by atoms with Gasteiger partial charge in [-0.25, -0.2) is 0 Å². The molecule has 1 aliphatic carbocycles. The molecule has 0 bridgehead atoms. The van der Waals surface area contributed by atoms with Gasteiger partial charge >= 0.3 is 0 Å². The summed E-state index contributed by atoms with van der Waals surface area (Å²) in [5, 5.41) is 4.27. The maximum Gasteiger partial charge on any atom is 0.271 e. The van der Waals surface area contributed by atoms with Crippen LogP contribution in [0.25, 0.3) is 10.9 Å². The number of amides is 2. The standard InChI is InChI=1S/C25H26BrN3O2/c1-25(24(31)27-20-10-3-4-11-20)16-28-21-12-5-2-8-18(21)14-22(28)23(30)29(25)15-17-7-6-9-19(26)13-17/h2,5-9,12-14,20H,3-4,10-11,15-16H2,1H3,(H,27,31)/t25-/m0/s1. The molecule has 0 saturated heterocycles. The van der Waals surface area contributed by atoms with E-state index in [0.29, 0.717) is 18.8 Å². The van der Waals surface area contributed by atoms with Gasteiger partial charge in [-0.2, -0.15) is 0 Å². The Labute approximate surface area is 190 Å². The highest BCUT2D eigenvalue weighted by molar-refractivity contribution is 9.10. The SMILES string of the molecule is C[C@@]1(C(=O)NC2CCCC2)Cn2c(cc3ccccc32)C(=O)N1Cc1cccc(Br)c1. The minimum absolute atomic E-state index is 0.0637. The summed E-state index contributed by atoms with van der Waals surface area (Å²) < 4.78 is 2.98. The second kappa shape index (κ2) is 7.83. The monoisotopic (exact) mass is 479 g/mol. The van der Waals surface area contributed by atoms with Crippen molar-refractivity contribution in [3.05, 3.63) is 70.3 Å². The molecule has 160 valence electrons. The number of para-hydroxylation sites is 1. The molecule has 2 aliphatic rings. The van der Waals surface area contributed by atoms with Gasteiger partial charge in [-0.3, -0.25) is 9.59 Å². The zero-order chi connectivity index (χ0) is 21.6. The van der Waals surface area contributed by atoms with Crippen LogP contribution in [0.2, 0.25) is 0 Å². The summed E-state index contributed by atoms with van der Waals surface area (Å²) in [7, 11) is 0. The second-order valence-corrected chi connectivity index (χ2v) is 9.84. The minimum atomic E-state index is -0.975. The number of rotatable bonds is 4. The van der Waals surface area contributed by atoms with Crippen molar-refractivity contribution < 1.29 is 9.59 Å². The van der Waals surface area contributed by atoms with Crippen LogP contribution in [-0.4, -0.2) is 32.9 Å². The third-order valence-electron chi connectivity index (χ3n) is 6.75. The van der Waals surface area contributed by atoms with Gasteiger partial charge in [0, 0.05) is 28.0 Å². The fourth-order valence-electron chi connectivity index (χ4n) is 4.98. The summed E-state index contributed by atoms with van der Waals surface area (Å²) in [4.78, 5) is 29.1. The Balaban J connectivity index is 1.57. The van der Waals surface area contributed by atoms with E-state index in [1.807, 2.05) is 66.1 Å². The average molecular weight is 480 g/mol. The van der Waals surface area contributed by atoms with E-state index in [2.05, 4.69) is 21.2 Å². The zero-order valence-corrected chi connectivity index (χ0v) is 19.2. The molecule has 2 heterocycles. The van der Waals surface area contributed by atoms with Gasteiger partial charge in [-0.05, 0) is 49.6 Å². The van der Waals surface area contributed by atoms with Gasteiger partial charge in [-0.1, -0.05) is 59.1 Å². The van der Waals surface area contributed by atoms with Crippen molar-refractivity contribution in [1.29, 1.82) is 0 Å². The Morgan fingerprint density at radius 1 is 1.13 bits per heavy atom. The van der Waals surface area contributed by atoms with Crippen LogP contribution in [0.1, 0.15) is 48.7 Å². The van der Waals surface area contributed by atoms with Crippen molar-refractivity contribution in [3.8, 4) is 0 Å². The Bertz CT molecular complexity index is 1160. The van der Waals surface area contributed by atoms with Crippen LogP contribution in [0.5, 0.6) is 0 Å². The van der Waals surface area contributed by atoms with Crippen molar-refractivity contribution in [2.75, 3.05) is 0 Å². The molecular weight excluding hydrogens is 454 g/mol. The molecule has 1 saturated carbocycles. The fraction of sp³-hybridized carbons (Fsp3) is 0.360. The van der Waals surface area contributed by atoms with Crippen molar-refractivity contribution in [1.82, 2.24) is 14.8 Å². The minimum Gasteiger partial charge on any atom is -0.351 e. The summed E-state index contributed by atoms with van der Waals surface area (Å²) in [6.07, 6.45) is 4.32. The topological polar surface area (TPSA) is 54.3 Å². The fourth-order valence-corrected chi connectivity index (χ4v) is 5.43. The highest BCUT2D eigenvalue weighted by Crippen LogP contribution is 2.34. The van der Waals surface area contributed by atoms with Crippen LogP contribution < -0.4 is 5.32 Å². The summed E-state index contributed by atoms with van der Waals surface area (Å²) in [5.41, 5.74) is 1.65. The normalized spacial score (nSPS) is 21.5. The lowest BCUT2D eigenvalue weighted by Crippen LogP contribution is -2.64. The number of nitrogens with one attached hydrogen (secondary N) is 1. The average Bonchev–Trinajstić information content (AvgIpc) is 3.39. The zero-order valence-electron chi connectivity index (χ0n) is 17.6. The molecular formula is C25H26BrN3O2. The molecule has 3 aromatic rings. The molecule has 0 radical (unpaired) electrons. The highest BCUT2D eigenvalue weighted by Gasteiger charge is 2.48. The molecule has 1 aromatic heterocycles. The molecule has 0 unspecified atom stereocenters. The first-order chi connectivity index (χ1) is 15.0. The van der Waals surface area contributed by atoms with Crippen LogP contribution in [0, 0.1) is 0 Å². The van der Waals surface area contributed by atoms with E-state index in [1.54, 1.807) is 4.90 Å². The molecule has 5 rings (SSSR count). The van der Waals surface area contributed by atoms with Gasteiger partial charge in [0.25, 0.3) is 5.91 Å². The number of hydrogen-bond donors (Lipinski definition) is 1. The molecule has 2 aromatic carbocycles. The van der Waals surface area contributed by atoms with Gasteiger partial charge in [-0.15, -0.1) is 0 Å². The molecule has 1 atom stereocenters. The number of carbonyl (C=O) groups is 2. The maximum atomic E-state index is 13.7. The predicted molar refractivity (Wildman–Crippen MR) is 125 cm³/mol. The number of fused-ring (bicyclic) bond motifs is 3. The quantitative estimate of drug-likeness (QED) is 0.579. The van der Waals surface area contributed by atoms with E-state index >= 15 is 0 Å². The van der Waals surface area contributed by atoms with Crippen molar-refractivity contribution in [2.24, 2.45) is 0 Å². The molecule has 1 N–H and O–H groups in total. The number of nitrogens with zero attached hydrogens (tertiary/aromatic N) is 2.